The summed E-state index contributed by atoms with van der Waals surface area (Å²) in [5, 5.41) is 3.61. The second-order valence-electron chi connectivity index (χ2n) is 5.38. The summed E-state index contributed by atoms with van der Waals surface area (Å²) in [6.45, 7) is 3.41. The maximum Gasteiger partial charge on any atom is 0.162 e. The van der Waals surface area contributed by atoms with Gasteiger partial charge in [-0.3, -0.25) is 0 Å². The van der Waals surface area contributed by atoms with Gasteiger partial charge in [-0.25, -0.2) is 0 Å². The minimum Gasteiger partial charge on any atom is -0.493 e. The molecular formula is C15H22N2O2. The average molecular weight is 262 g/mol. The molecule has 4 heteroatoms. The molecule has 2 atom stereocenters. The number of hydrogen-bond donors (Lipinski definition) is 1. The van der Waals surface area contributed by atoms with Gasteiger partial charge in [0.1, 0.15) is 0 Å². The SMILES string of the molecule is COc1ccc(N2CCC3CCNC3C2)cc1OC. The molecule has 0 amide bonds. The quantitative estimate of drug-likeness (QED) is 0.902. The number of nitrogens with zero attached hydrogens (tertiary/aromatic N) is 1. The monoisotopic (exact) mass is 262 g/mol. The van der Waals surface area contributed by atoms with Gasteiger partial charge in [0, 0.05) is 30.9 Å². The molecule has 0 bridgehead atoms. The smallest absolute Gasteiger partial charge is 0.162 e. The molecule has 1 aromatic carbocycles. The van der Waals surface area contributed by atoms with Crippen LogP contribution >= 0.6 is 0 Å². The van der Waals surface area contributed by atoms with Crippen molar-refractivity contribution in [3.8, 4) is 11.5 Å². The molecule has 2 saturated heterocycles. The van der Waals surface area contributed by atoms with Crippen molar-refractivity contribution < 1.29 is 9.47 Å². The summed E-state index contributed by atoms with van der Waals surface area (Å²) < 4.78 is 10.7. The van der Waals surface area contributed by atoms with E-state index < -0.39 is 0 Å². The highest BCUT2D eigenvalue weighted by Crippen LogP contribution is 2.34. The number of rotatable bonds is 3. The fourth-order valence-corrected chi connectivity index (χ4v) is 3.29. The number of nitrogens with one attached hydrogen (secondary N) is 1. The van der Waals surface area contributed by atoms with Crippen LogP contribution in [-0.4, -0.2) is 39.9 Å². The van der Waals surface area contributed by atoms with Gasteiger partial charge in [0.05, 0.1) is 14.2 Å². The lowest BCUT2D eigenvalue weighted by atomic mass is 9.92. The standard InChI is InChI=1S/C15H22N2O2/c1-18-14-4-3-12(9-15(14)19-2)17-8-6-11-5-7-16-13(11)10-17/h3-4,9,11,13,16H,5-8,10H2,1-2H3. The average Bonchev–Trinajstić information content (AvgIpc) is 2.93. The maximum atomic E-state index is 5.39. The first-order valence-corrected chi connectivity index (χ1v) is 7.02. The second kappa shape index (κ2) is 5.29. The zero-order valence-electron chi connectivity index (χ0n) is 11.7. The molecule has 2 aliphatic rings. The summed E-state index contributed by atoms with van der Waals surface area (Å²) in [6, 6.07) is 6.84. The van der Waals surface area contributed by atoms with Crippen LogP contribution in [0.4, 0.5) is 5.69 Å². The lowest BCUT2D eigenvalue weighted by molar-refractivity contribution is 0.353. The molecule has 1 N–H and O–H groups in total. The largest absolute Gasteiger partial charge is 0.493 e. The van der Waals surface area contributed by atoms with Gasteiger partial charge in [0.25, 0.3) is 0 Å². The highest BCUT2D eigenvalue weighted by Gasteiger charge is 2.32. The Bertz CT molecular complexity index is 450. The van der Waals surface area contributed by atoms with E-state index >= 15 is 0 Å². The van der Waals surface area contributed by atoms with Crippen molar-refractivity contribution in [1.29, 1.82) is 0 Å². The highest BCUT2D eigenvalue weighted by molar-refractivity contribution is 5.56. The summed E-state index contributed by atoms with van der Waals surface area (Å²) in [6.07, 6.45) is 2.62. The Kier molecular flexibility index (Phi) is 3.51. The topological polar surface area (TPSA) is 33.7 Å². The van der Waals surface area contributed by atoms with Crippen LogP contribution in [0.25, 0.3) is 0 Å². The van der Waals surface area contributed by atoms with Crippen LogP contribution in [0.3, 0.4) is 0 Å². The van der Waals surface area contributed by atoms with Gasteiger partial charge in [-0.15, -0.1) is 0 Å². The zero-order valence-corrected chi connectivity index (χ0v) is 11.7. The highest BCUT2D eigenvalue weighted by atomic mass is 16.5. The molecule has 0 radical (unpaired) electrons. The summed E-state index contributed by atoms with van der Waals surface area (Å²) in [7, 11) is 3.36. The van der Waals surface area contributed by atoms with Gasteiger partial charge in [-0.1, -0.05) is 0 Å². The first-order valence-electron chi connectivity index (χ1n) is 7.02. The van der Waals surface area contributed by atoms with E-state index in [2.05, 4.69) is 22.3 Å². The molecule has 4 nitrogen and oxygen atoms in total. The number of fused-ring (bicyclic) bond motifs is 1. The van der Waals surface area contributed by atoms with Crippen molar-refractivity contribution in [3.63, 3.8) is 0 Å². The summed E-state index contributed by atoms with van der Waals surface area (Å²) in [5.41, 5.74) is 1.23. The van der Waals surface area contributed by atoms with Gasteiger partial charge in [0.15, 0.2) is 11.5 Å². The molecule has 19 heavy (non-hydrogen) atoms. The van der Waals surface area contributed by atoms with E-state index in [0.717, 1.165) is 30.5 Å². The third kappa shape index (κ3) is 2.37. The van der Waals surface area contributed by atoms with Crippen LogP contribution in [0.1, 0.15) is 12.8 Å². The zero-order chi connectivity index (χ0) is 13.2. The Hall–Kier alpha value is -1.42. The first kappa shape index (κ1) is 12.6. The molecule has 0 aliphatic carbocycles. The molecule has 104 valence electrons. The van der Waals surface area contributed by atoms with E-state index in [9.17, 15) is 0 Å². The van der Waals surface area contributed by atoms with Crippen LogP contribution in [0.5, 0.6) is 11.5 Å². The van der Waals surface area contributed by atoms with Crippen molar-refractivity contribution in [3.05, 3.63) is 18.2 Å². The van der Waals surface area contributed by atoms with E-state index in [1.807, 2.05) is 6.07 Å². The van der Waals surface area contributed by atoms with Crippen molar-refractivity contribution in [2.75, 3.05) is 38.8 Å². The first-order chi connectivity index (χ1) is 9.31. The van der Waals surface area contributed by atoms with Gasteiger partial charge < -0.3 is 19.7 Å². The Labute approximate surface area is 114 Å². The lowest BCUT2D eigenvalue weighted by Gasteiger charge is -2.36. The Balaban J connectivity index is 1.78. The Morgan fingerprint density at radius 1 is 1.16 bits per heavy atom. The number of benzene rings is 1. The van der Waals surface area contributed by atoms with E-state index in [1.54, 1.807) is 14.2 Å². The normalized spacial score (nSPS) is 26.1. The van der Waals surface area contributed by atoms with Gasteiger partial charge in [-0.2, -0.15) is 0 Å². The predicted octanol–water partition coefficient (Wildman–Crippen LogP) is 1.89. The molecule has 3 rings (SSSR count). The lowest BCUT2D eigenvalue weighted by Crippen LogP contribution is -2.46. The third-order valence-corrected chi connectivity index (χ3v) is 4.41. The summed E-state index contributed by atoms with van der Waals surface area (Å²) in [4.78, 5) is 2.45. The van der Waals surface area contributed by atoms with E-state index in [-0.39, 0.29) is 0 Å². The number of anilines is 1. The summed E-state index contributed by atoms with van der Waals surface area (Å²) >= 11 is 0. The molecule has 1 aromatic rings. The fraction of sp³-hybridized carbons (Fsp3) is 0.600. The van der Waals surface area contributed by atoms with Gasteiger partial charge >= 0.3 is 0 Å². The number of methoxy groups -OCH3 is 2. The predicted molar refractivity (Wildman–Crippen MR) is 76.3 cm³/mol. The molecular weight excluding hydrogens is 240 g/mol. The summed E-state index contributed by atoms with van der Waals surface area (Å²) in [5.74, 6) is 2.47. The van der Waals surface area contributed by atoms with Crippen molar-refractivity contribution >= 4 is 5.69 Å². The third-order valence-electron chi connectivity index (χ3n) is 4.41. The molecule has 2 heterocycles. The minimum atomic E-state index is 0.654. The van der Waals surface area contributed by atoms with Gasteiger partial charge in [0.2, 0.25) is 0 Å². The van der Waals surface area contributed by atoms with Crippen LogP contribution < -0.4 is 19.7 Å². The van der Waals surface area contributed by atoms with E-state index in [0.29, 0.717) is 6.04 Å². The van der Waals surface area contributed by atoms with Crippen LogP contribution in [0.15, 0.2) is 18.2 Å². The van der Waals surface area contributed by atoms with E-state index in [1.165, 1.54) is 25.1 Å². The molecule has 2 fully saturated rings. The number of piperidine rings is 1. The molecule has 2 aliphatic heterocycles. The Morgan fingerprint density at radius 2 is 2.00 bits per heavy atom. The molecule has 0 aromatic heterocycles. The molecule has 2 unspecified atom stereocenters. The fourth-order valence-electron chi connectivity index (χ4n) is 3.29. The van der Waals surface area contributed by atoms with Crippen LogP contribution in [-0.2, 0) is 0 Å². The molecule has 0 saturated carbocycles. The van der Waals surface area contributed by atoms with Gasteiger partial charge in [-0.05, 0) is 37.4 Å². The van der Waals surface area contributed by atoms with Crippen molar-refractivity contribution in [1.82, 2.24) is 5.32 Å². The maximum absolute atomic E-state index is 5.39. The van der Waals surface area contributed by atoms with E-state index in [4.69, 9.17) is 9.47 Å². The van der Waals surface area contributed by atoms with Crippen molar-refractivity contribution in [2.45, 2.75) is 18.9 Å². The Morgan fingerprint density at radius 3 is 2.79 bits per heavy atom. The van der Waals surface area contributed by atoms with Crippen molar-refractivity contribution in [2.24, 2.45) is 5.92 Å². The minimum absolute atomic E-state index is 0.654. The molecule has 0 spiro atoms. The van der Waals surface area contributed by atoms with Crippen LogP contribution in [0.2, 0.25) is 0 Å². The number of ether oxygens (including phenoxy) is 2. The number of hydrogen-bond acceptors (Lipinski definition) is 4. The second-order valence-corrected chi connectivity index (χ2v) is 5.38. The van der Waals surface area contributed by atoms with Crippen LogP contribution in [0, 0.1) is 5.92 Å².